The van der Waals surface area contributed by atoms with Crippen molar-refractivity contribution in [2.24, 2.45) is 4.99 Å². The van der Waals surface area contributed by atoms with Gasteiger partial charge in [-0.15, -0.1) is 0 Å². The Morgan fingerprint density at radius 1 is 1.36 bits per heavy atom. The molecule has 2 aliphatic rings. The molecular weight excluding hydrogens is 292 g/mol. The summed E-state index contributed by atoms with van der Waals surface area (Å²) in [4.78, 5) is 7.05. The predicted molar refractivity (Wildman–Crippen MR) is 94.8 cm³/mol. The van der Waals surface area contributed by atoms with Crippen molar-refractivity contribution in [2.45, 2.75) is 50.6 Å². The topological polar surface area (TPSA) is 39.7 Å². The molecule has 0 spiro atoms. The van der Waals surface area contributed by atoms with Crippen LogP contribution in [0.15, 0.2) is 21.8 Å². The zero-order valence-electron chi connectivity index (χ0n) is 13.7. The van der Waals surface area contributed by atoms with Crippen LogP contribution in [0, 0.1) is 0 Å². The molecule has 0 radical (unpaired) electrons. The SMILES string of the molecule is CN=C(NCC(C)c1ccsc1)NC1CCN(C2CC2)CC1. The zero-order valence-corrected chi connectivity index (χ0v) is 14.5. The van der Waals surface area contributed by atoms with Crippen LogP contribution in [-0.4, -0.2) is 49.6 Å². The molecule has 4 nitrogen and oxygen atoms in total. The highest BCUT2D eigenvalue weighted by molar-refractivity contribution is 7.07. The van der Waals surface area contributed by atoms with Crippen LogP contribution in [0.3, 0.4) is 0 Å². The molecule has 5 heteroatoms. The third kappa shape index (κ3) is 4.23. The van der Waals surface area contributed by atoms with E-state index in [1.807, 2.05) is 7.05 Å². The summed E-state index contributed by atoms with van der Waals surface area (Å²) in [5, 5.41) is 11.5. The van der Waals surface area contributed by atoms with Gasteiger partial charge < -0.3 is 15.5 Å². The monoisotopic (exact) mass is 320 g/mol. The number of guanidine groups is 1. The number of aliphatic imine (C=N–C) groups is 1. The van der Waals surface area contributed by atoms with Crippen LogP contribution in [0.1, 0.15) is 44.1 Å². The molecule has 1 aromatic heterocycles. The Hall–Kier alpha value is -1.07. The second-order valence-electron chi connectivity index (χ2n) is 6.60. The summed E-state index contributed by atoms with van der Waals surface area (Å²) in [5.41, 5.74) is 1.41. The van der Waals surface area contributed by atoms with Gasteiger partial charge >= 0.3 is 0 Å². The van der Waals surface area contributed by atoms with Gasteiger partial charge in [-0.3, -0.25) is 4.99 Å². The first-order valence-corrected chi connectivity index (χ1v) is 9.44. The van der Waals surface area contributed by atoms with Gasteiger partial charge in [-0.1, -0.05) is 6.92 Å². The molecule has 2 heterocycles. The second-order valence-corrected chi connectivity index (χ2v) is 7.38. The minimum absolute atomic E-state index is 0.515. The zero-order chi connectivity index (χ0) is 15.4. The lowest BCUT2D eigenvalue weighted by atomic mass is 10.0. The fraction of sp³-hybridized carbons (Fsp3) is 0.706. The van der Waals surface area contributed by atoms with Crippen molar-refractivity contribution >= 4 is 17.3 Å². The van der Waals surface area contributed by atoms with E-state index in [1.165, 1.54) is 44.3 Å². The van der Waals surface area contributed by atoms with Gasteiger partial charge in [0.1, 0.15) is 0 Å². The van der Waals surface area contributed by atoms with Gasteiger partial charge in [0.25, 0.3) is 0 Å². The normalized spacial score (nSPS) is 22.5. The van der Waals surface area contributed by atoms with Crippen molar-refractivity contribution in [3.05, 3.63) is 22.4 Å². The van der Waals surface area contributed by atoms with Crippen LogP contribution >= 0.6 is 11.3 Å². The molecule has 2 N–H and O–H groups in total. The van der Waals surface area contributed by atoms with Crippen molar-refractivity contribution < 1.29 is 0 Å². The van der Waals surface area contributed by atoms with E-state index in [4.69, 9.17) is 0 Å². The van der Waals surface area contributed by atoms with E-state index in [0.717, 1.165) is 18.5 Å². The van der Waals surface area contributed by atoms with Crippen LogP contribution in [0.2, 0.25) is 0 Å². The average Bonchev–Trinajstić information content (AvgIpc) is 3.25. The number of piperidine rings is 1. The molecule has 1 atom stereocenters. The number of hydrogen-bond donors (Lipinski definition) is 2. The Labute approximate surface area is 138 Å². The van der Waals surface area contributed by atoms with E-state index in [-0.39, 0.29) is 0 Å². The van der Waals surface area contributed by atoms with Crippen molar-refractivity contribution in [3.8, 4) is 0 Å². The lowest BCUT2D eigenvalue weighted by Gasteiger charge is -2.33. The van der Waals surface area contributed by atoms with E-state index in [2.05, 4.69) is 44.3 Å². The van der Waals surface area contributed by atoms with Crippen molar-refractivity contribution in [2.75, 3.05) is 26.7 Å². The fourth-order valence-corrected chi connectivity index (χ4v) is 3.94. The van der Waals surface area contributed by atoms with Crippen molar-refractivity contribution in [1.82, 2.24) is 15.5 Å². The molecule has 0 amide bonds. The second kappa shape index (κ2) is 7.47. The van der Waals surface area contributed by atoms with Gasteiger partial charge in [-0.25, -0.2) is 0 Å². The summed E-state index contributed by atoms with van der Waals surface area (Å²) in [5.74, 6) is 1.47. The Bertz CT molecular complexity index is 473. The quantitative estimate of drug-likeness (QED) is 0.647. The Morgan fingerprint density at radius 3 is 2.73 bits per heavy atom. The smallest absolute Gasteiger partial charge is 0.191 e. The molecule has 1 aliphatic heterocycles. The first-order chi connectivity index (χ1) is 10.8. The first kappa shape index (κ1) is 15.8. The summed E-state index contributed by atoms with van der Waals surface area (Å²) >= 11 is 1.77. The molecular formula is C17H28N4S. The van der Waals surface area contributed by atoms with Crippen LogP contribution in [0.25, 0.3) is 0 Å². The van der Waals surface area contributed by atoms with Crippen LogP contribution < -0.4 is 10.6 Å². The van der Waals surface area contributed by atoms with Gasteiger partial charge in [-0.05, 0) is 54.0 Å². The predicted octanol–water partition coefficient (Wildman–Crippen LogP) is 2.64. The van der Waals surface area contributed by atoms with Gasteiger partial charge in [0.15, 0.2) is 5.96 Å². The summed E-state index contributed by atoms with van der Waals surface area (Å²) in [6.45, 7) is 5.67. The lowest BCUT2D eigenvalue weighted by molar-refractivity contribution is 0.197. The summed E-state index contributed by atoms with van der Waals surface area (Å²) in [6, 6.07) is 3.68. The molecule has 122 valence electrons. The minimum atomic E-state index is 0.515. The first-order valence-electron chi connectivity index (χ1n) is 8.49. The number of nitrogens with zero attached hydrogens (tertiary/aromatic N) is 2. The standard InChI is InChI=1S/C17H28N4S/c1-13(14-7-10-22-12-14)11-19-17(18-2)20-15-5-8-21(9-6-15)16-3-4-16/h7,10,12-13,15-16H,3-6,8-9,11H2,1-2H3,(H2,18,19,20). The molecule has 22 heavy (non-hydrogen) atoms. The van der Waals surface area contributed by atoms with E-state index in [1.54, 1.807) is 11.3 Å². The number of nitrogens with one attached hydrogen (secondary N) is 2. The Balaban J connectivity index is 1.40. The van der Waals surface area contributed by atoms with Crippen molar-refractivity contribution in [3.63, 3.8) is 0 Å². The third-order valence-corrected chi connectivity index (χ3v) is 5.55. The lowest BCUT2D eigenvalue weighted by Crippen LogP contribution is -2.49. The van der Waals surface area contributed by atoms with Gasteiger partial charge in [0.05, 0.1) is 0 Å². The molecule has 1 aromatic rings. The summed E-state index contributed by atoms with van der Waals surface area (Å²) in [7, 11) is 1.86. The van der Waals surface area contributed by atoms with Crippen LogP contribution in [0.4, 0.5) is 0 Å². The van der Waals surface area contributed by atoms with E-state index >= 15 is 0 Å². The molecule has 0 aromatic carbocycles. The molecule has 1 aliphatic carbocycles. The number of rotatable bonds is 5. The van der Waals surface area contributed by atoms with Gasteiger partial charge in [0.2, 0.25) is 0 Å². The summed E-state index contributed by atoms with van der Waals surface area (Å²) in [6.07, 6.45) is 5.30. The van der Waals surface area contributed by atoms with E-state index in [9.17, 15) is 0 Å². The number of thiophene rings is 1. The highest BCUT2D eigenvalue weighted by atomic mass is 32.1. The van der Waals surface area contributed by atoms with E-state index in [0.29, 0.717) is 12.0 Å². The Kier molecular flexibility index (Phi) is 5.37. The number of hydrogen-bond acceptors (Lipinski definition) is 3. The minimum Gasteiger partial charge on any atom is -0.356 e. The van der Waals surface area contributed by atoms with Crippen LogP contribution in [0.5, 0.6) is 0 Å². The summed E-state index contributed by atoms with van der Waals surface area (Å²) < 4.78 is 0. The maximum absolute atomic E-state index is 4.39. The molecule has 1 unspecified atom stereocenters. The molecule has 1 saturated heterocycles. The van der Waals surface area contributed by atoms with Gasteiger partial charge in [-0.2, -0.15) is 11.3 Å². The highest BCUT2D eigenvalue weighted by Gasteiger charge is 2.31. The molecule has 1 saturated carbocycles. The average molecular weight is 321 g/mol. The maximum Gasteiger partial charge on any atom is 0.191 e. The molecule has 3 rings (SSSR count). The fourth-order valence-electron chi connectivity index (χ4n) is 3.16. The molecule has 2 fully saturated rings. The van der Waals surface area contributed by atoms with Gasteiger partial charge in [0, 0.05) is 38.8 Å². The number of likely N-dealkylation sites (tertiary alicyclic amines) is 1. The maximum atomic E-state index is 4.39. The van der Waals surface area contributed by atoms with E-state index < -0.39 is 0 Å². The Morgan fingerprint density at radius 2 is 2.14 bits per heavy atom. The van der Waals surface area contributed by atoms with Crippen molar-refractivity contribution in [1.29, 1.82) is 0 Å². The third-order valence-electron chi connectivity index (χ3n) is 4.85. The molecule has 0 bridgehead atoms. The van der Waals surface area contributed by atoms with Crippen LogP contribution in [-0.2, 0) is 0 Å². The highest BCUT2D eigenvalue weighted by Crippen LogP contribution is 2.29. The largest absolute Gasteiger partial charge is 0.356 e.